The summed E-state index contributed by atoms with van der Waals surface area (Å²) < 4.78 is 1.83. The molecule has 0 heterocycles. The monoisotopic (exact) mass is 243 g/mol. The van der Waals surface area contributed by atoms with E-state index in [0.29, 0.717) is 5.41 Å². The van der Waals surface area contributed by atoms with Crippen molar-refractivity contribution in [3.63, 3.8) is 0 Å². The van der Waals surface area contributed by atoms with Crippen molar-refractivity contribution < 1.29 is 0 Å². The fraction of sp³-hybridized carbons (Fsp3) is 1.00. The summed E-state index contributed by atoms with van der Waals surface area (Å²) in [5, 5.41) is 0. The lowest BCUT2D eigenvalue weighted by atomic mass is 9.98. The topological polar surface area (TPSA) is 3.24 Å². The number of halogens is 2. The summed E-state index contributed by atoms with van der Waals surface area (Å²) in [7, 11) is 0. The maximum Gasteiger partial charge on any atom is 0.0257 e. The second kappa shape index (κ2) is 3.18. The molecule has 0 saturated heterocycles. The quantitative estimate of drug-likeness (QED) is 0.642. The number of nitrogens with zero attached hydrogens (tertiary/aromatic N) is 1. The Labute approximate surface area is 68.1 Å². The highest BCUT2D eigenvalue weighted by Crippen LogP contribution is 2.19. The maximum absolute atomic E-state index is 3.26. The normalized spacial score (nSPS) is 12.8. The predicted molar refractivity (Wildman–Crippen MR) is 44.0 cm³/mol. The Morgan fingerprint density at radius 3 is 1.62 bits per heavy atom. The van der Waals surface area contributed by atoms with Gasteiger partial charge in [0, 0.05) is 38.8 Å². The lowest BCUT2D eigenvalue weighted by Gasteiger charge is -2.19. The lowest BCUT2D eigenvalue weighted by Crippen LogP contribution is -2.17. The van der Waals surface area contributed by atoms with Gasteiger partial charge in [0.2, 0.25) is 0 Å². The number of hydrogen-bond donors (Lipinski definition) is 0. The molecule has 0 aliphatic carbocycles. The minimum atomic E-state index is 0.354. The van der Waals surface area contributed by atoms with Crippen molar-refractivity contribution >= 4 is 32.3 Å². The first-order chi connectivity index (χ1) is 3.42. The molecule has 0 unspecified atom stereocenters. The van der Waals surface area contributed by atoms with Crippen molar-refractivity contribution in [1.29, 1.82) is 0 Å². The molecule has 0 spiro atoms. The van der Waals surface area contributed by atoms with Gasteiger partial charge in [0.15, 0.2) is 0 Å². The van der Waals surface area contributed by atoms with Crippen LogP contribution in [0.3, 0.4) is 0 Å². The molecule has 3 heteroatoms. The van der Waals surface area contributed by atoms with Crippen molar-refractivity contribution in [3.8, 4) is 0 Å². The third-order valence-corrected chi connectivity index (χ3v) is 1.10. The van der Waals surface area contributed by atoms with Gasteiger partial charge in [-0.2, -0.15) is 2.95 Å². The maximum atomic E-state index is 3.26. The molecule has 0 aliphatic heterocycles. The zero-order chi connectivity index (χ0) is 6.78. The van der Waals surface area contributed by atoms with Crippen LogP contribution in [0, 0.1) is 5.41 Å². The van der Waals surface area contributed by atoms with Crippen LogP contribution in [0.1, 0.15) is 20.8 Å². The van der Waals surface area contributed by atoms with Crippen molar-refractivity contribution in [2.24, 2.45) is 5.41 Å². The van der Waals surface area contributed by atoms with Crippen LogP contribution in [0.5, 0.6) is 0 Å². The average molecular weight is 245 g/mol. The van der Waals surface area contributed by atoms with Gasteiger partial charge in [0.25, 0.3) is 0 Å². The van der Waals surface area contributed by atoms with Crippen LogP contribution in [-0.2, 0) is 0 Å². The molecule has 0 aromatic heterocycles. The van der Waals surface area contributed by atoms with E-state index in [4.69, 9.17) is 0 Å². The van der Waals surface area contributed by atoms with Crippen molar-refractivity contribution in [3.05, 3.63) is 0 Å². The first-order valence-corrected chi connectivity index (χ1v) is 3.93. The van der Waals surface area contributed by atoms with Gasteiger partial charge in [0.05, 0.1) is 0 Å². The molecule has 0 amide bonds. The summed E-state index contributed by atoms with van der Waals surface area (Å²) in [4.78, 5) is 0. The van der Waals surface area contributed by atoms with Crippen molar-refractivity contribution in [1.82, 2.24) is 2.95 Å². The standard InChI is InChI=1S/C5H11Br2N/c1-5(2,3)4-8(6)7/h4H2,1-3H3. The summed E-state index contributed by atoms with van der Waals surface area (Å²) in [6, 6.07) is 0. The van der Waals surface area contributed by atoms with E-state index in [1.165, 1.54) is 0 Å². The molecule has 0 rings (SSSR count). The Kier molecular flexibility index (Phi) is 3.55. The Balaban J connectivity index is 3.39. The lowest BCUT2D eigenvalue weighted by molar-refractivity contribution is 0.380. The molecule has 1 nitrogen and oxygen atoms in total. The molecule has 8 heavy (non-hydrogen) atoms. The summed E-state index contributed by atoms with van der Waals surface area (Å²) in [5.74, 6) is 0. The molecule has 0 fully saturated rings. The molecule has 0 aromatic rings. The Hall–Kier alpha value is 0.920. The zero-order valence-corrected chi connectivity index (χ0v) is 8.58. The highest BCUT2D eigenvalue weighted by atomic mass is 79.9. The molecule has 50 valence electrons. The second-order valence-corrected chi connectivity index (χ2v) is 5.69. The van der Waals surface area contributed by atoms with Crippen LogP contribution < -0.4 is 0 Å². The van der Waals surface area contributed by atoms with Gasteiger partial charge in [-0.05, 0) is 5.41 Å². The first kappa shape index (κ1) is 8.92. The van der Waals surface area contributed by atoms with Crippen LogP contribution >= 0.6 is 32.3 Å². The highest BCUT2D eigenvalue weighted by molar-refractivity contribution is 9.21. The predicted octanol–water partition coefficient (Wildman–Crippen LogP) is 2.95. The molecular weight excluding hydrogens is 234 g/mol. The van der Waals surface area contributed by atoms with Gasteiger partial charge >= 0.3 is 0 Å². The minimum absolute atomic E-state index is 0.354. The van der Waals surface area contributed by atoms with Crippen molar-refractivity contribution in [2.75, 3.05) is 6.54 Å². The molecule has 0 radical (unpaired) electrons. The van der Waals surface area contributed by atoms with Crippen molar-refractivity contribution in [2.45, 2.75) is 20.8 Å². The molecule has 0 bridgehead atoms. The van der Waals surface area contributed by atoms with E-state index < -0.39 is 0 Å². The SMILES string of the molecule is CC(C)(C)CN(Br)Br. The fourth-order valence-corrected chi connectivity index (χ4v) is 1.86. The van der Waals surface area contributed by atoms with Crippen LogP contribution in [0.2, 0.25) is 0 Å². The molecular formula is C5H11Br2N. The van der Waals surface area contributed by atoms with E-state index in [2.05, 4.69) is 53.1 Å². The molecule has 0 N–H and O–H groups in total. The summed E-state index contributed by atoms with van der Waals surface area (Å²) in [6.07, 6.45) is 0. The zero-order valence-electron chi connectivity index (χ0n) is 5.41. The summed E-state index contributed by atoms with van der Waals surface area (Å²) in [6.45, 7) is 7.54. The first-order valence-electron chi connectivity index (χ1n) is 2.51. The van der Waals surface area contributed by atoms with Gasteiger partial charge in [-0.1, -0.05) is 20.8 Å². The summed E-state index contributed by atoms with van der Waals surface area (Å²) >= 11 is 6.52. The largest absolute Gasteiger partial charge is 0.177 e. The van der Waals surface area contributed by atoms with Crippen LogP contribution in [0.4, 0.5) is 0 Å². The van der Waals surface area contributed by atoms with Crippen LogP contribution in [0.25, 0.3) is 0 Å². The Morgan fingerprint density at radius 2 is 1.62 bits per heavy atom. The van der Waals surface area contributed by atoms with Gasteiger partial charge in [-0.3, -0.25) is 0 Å². The summed E-state index contributed by atoms with van der Waals surface area (Å²) in [5.41, 5.74) is 0.354. The van der Waals surface area contributed by atoms with E-state index in [-0.39, 0.29) is 0 Å². The number of hydrogen-bond acceptors (Lipinski definition) is 1. The average Bonchev–Trinajstić information content (AvgIpc) is 1.21. The van der Waals surface area contributed by atoms with Gasteiger partial charge < -0.3 is 0 Å². The third-order valence-electron chi connectivity index (χ3n) is 0.594. The smallest absolute Gasteiger partial charge is 0.0257 e. The highest BCUT2D eigenvalue weighted by Gasteiger charge is 2.11. The molecule has 0 atom stereocenters. The van der Waals surface area contributed by atoms with Crippen LogP contribution in [0.15, 0.2) is 0 Å². The van der Waals surface area contributed by atoms with Gasteiger partial charge in [0.1, 0.15) is 0 Å². The molecule has 0 saturated carbocycles. The van der Waals surface area contributed by atoms with E-state index in [9.17, 15) is 0 Å². The fourth-order valence-electron chi connectivity index (χ4n) is 0.359. The number of rotatable bonds is 1. The van der Waals surface area contributed by atoms with Gasteiger partial charge in [-0.15, -0.1) is 0 Å². The van der Waals surface area contributed by atoms with E-state index >= 15 is 0 Å². The van der Waals surface area contributed by atoms with E-state index in [0.717, 1.165) is 6.54 Å². The minimum Gasteiger partial charge on any atom is -0.177 e. The van der Waals surface area contributed by atoms with Gasteiger partial charge in [-0.25, -0.2) is 0 Å². The second-order valence-electron chi connectivity index (χ2n) is 3.02. The third kappa shape index (κ3) is 6.92. The molecule has 0 aliphatic rings. The Morgan fingerprint density at radius 1 is 1.25 bits per heavy atom. The van der Waals surface area contributed by atoms with E-state index in [1.807, 2.05) is 2.95 Å². The Bertz CT molecular complexity index is 65.3. The molecule has 0 aromatic carbocycles. The van der Waals surface area contributed by atoms with E-state index in [1.54, 1.807) is 0 Å². The van der Waals surface area contributed by atoms with Crippen LogP contribution in [-0.4, -0.2) is 9.50 Å².